The number of aryl methyl sites for hydroxylation is 1. The number of thiazole rings is 1. The van der Waals surface area contributed by atoms with Crippen LogP contribution in [0.2, 0.25) is 0 Å². The molecule has 4 rings (SSSR count). The Morgan fingerprint density at radius 1 is 1.12 bits per heavy atom. The zero-order chi connectivity index (χ0) is 17.4. The number of carbonyl (C=O) groups is 1. The number of hydrogen-bond donors (Lipinski definition) is 1. The molecule has 1 fully saturated rings. The molecule has 0 aliphatic heterocycles. The Balaban J connectivity index is 1.54. The van der Waals surface area contributed by atoms with Crippen molar-refractivity contribution >= 4 is 33.1 Å². The third-order valence-corrected chi connectivity index (χ3v) is 6.26. The van der Waals surface area contributed by atoms with Crippen molar-refractivity contribution in [3.63, 3.8) is 0 Å². The fourth-order valence-corrected chi connectivity index (χ4v) is 4.59. The lowest BCUT2D eigenvalue weighted by molar-refractivity contribution is -0.124. The van der Waals surface area contributed by atoms with Gasteiger partial charge in [-0.1, -0.05) is 25.8 Å². The molecule has 0 spiro atoms. The van der Waals surface area contributed by atoms with Gasteiger partial charge in [0, 0.05) is 16.7 Å². The monoisotopic (exact) mass is 350 g/mol. The van der Waals surface area contributed by atoms with E-state index in [0.29, 0.717) is 0 Å². The van der Waals surface area contributed by atoms with E-state index < -0.39 is 0 Å². The number of aromatic nitrogens is 1. The van der Waals surface area contributed by atoms with Crippen molar-refractivity contribution in [3.05, 3.63) is 48.0 Å². The third-order valence-electron chi connectivity index (χ3n) is 5.19. The molecular formula is C21H22N2OS. The van der Waals surface area contributed by atoms with E-state index in [2.05, 4.69) is 37.4 Å². The van der Waals surface area contributed by atoms with Crippen LogP contribution in [0.25, 0.3) is 20.8 Å². The number of benzene rings is 2. The van der Waals surface area contributed by atoms with E-state index in [4.69, 9.17) is 4.98 Å². The van der Waals surface area contributed by atoms with Gasteiger partial charge in [0.05, 0.1) is 10.2 Å². The first kappa shape index (κ1) is 16.3. The molecule has 1 amide bonds. The first-order chi connectivity index (χ1) is 12.0. The molecule has 0 bridgehead atoms. The van der Waals surface area contributed by atoms with Gasteiger partial charge in [0.2, 0.25) is 5.91 Å². The molecule has 1 aliphatic rings. The molecule has 1 aliphatic carbocycles. The molecule has 0 unspecified atom stereocenters. The fourth-order valence-electron chi connectivity index (χ4n) is 3.52. The van der Waals surface area contributed by atoms with E-state index in [1.54, 1.807) is 11.3 Å². The summed E-state index contributed by atoms with van der Waals surface area (Å²) in [6.07, 6.45) is 4.28. The van der Waals surface area contributed by atoms with Crippen LogP contribution >= 0.6 is 11.3 Å². The largest absolute Gasteiger partial charge is 0.326 e. The van der Waals surface area contributed by atoms with Gasteiger partial charge in [-0.05, 0) is 61.7 Å². The predicted octanol–water partition coefficient (Wildman–Crippen LogP) is 5.79. The summed E-state index contributed by atoms with van der Waals surface area (Å²) in [5.74, 6) is 0.146. The number of anilines is 1. The molecule has 0 atom stereocenters. The summed E-state index contributed by atoms with van der Waals surface area (Å²) in [5, 5.41) is 4.10. The molecule has 0 saturated heterocycles. The quantitative estimate of drug-likeness (QED) is 0.649. The van der Waals surface area contributed by atoms with E-state index in [0.717, 1.165) is 47.5 Å². The van der Waals surface area contributed by atoms with Crippen molar-refractivity contribution < 1.29 is 4.79 Å². The SMILES string of the molecule is Cc1ccc2nc(-c3ccc(NC(=O)C4(C)CCCC4)cc3)sc2c1. The maximum absolute atomic E-state index is 12.5. The minimum atomic E-state index is -0.205. The van der Waals surface area contributed by atoms with E-state index in [-0.39, 0.29) is 11.3 Å². The fraction of sp³-hybridized carbons (Fsp3) is 0.333. The summed E-state index contributed by atoms with van der Waals surface area (Å²) in [6, 6.07) is 14.4. The lowest BCUT2D eigenvalue weighted by Gasteiger charge is -2.22. The van der Waals surface area contributed by atoms with Gasteiger partial charge in [-0.15, -0.1) is 11.3 Å². The minimum Gasteiger partial charge on any atom is -0.326 e. The van der Waals surface area contributed by atoms with Crippen LogP contribution < -0.4 is 5.32 Å². The summed E-state index contributed by atoms with van der Waals surface area (Å²) in [5.41, 5.74) is 4.03. The third kappa shape index (κ3) is 3.19. The van der Waals surface area contributed by atoms with E-state index >= 15 is 0 Å². The Labute approximate surface area is 152 Å². The van der Waals surface area contributed by atoms with E-state index in [1.165, 1.54) is 10.3 Å². The van der Waals surface area contributed by atoms with Crippen molar-refractivity contribution in [3.8, 4) is 10.6 Å². The molecule has 4 heteroatoms. The highest BCUT2D eigenvalue weighted by atomic mass is 32.1. The summed E-state index contributed by atoms with van der Waals surface area (Å²) in [4.78, 5) is 17.2. The second-order valence-corrected chi connectivity index (χ2v) is 8.32. The van der Waals surface area contributed by atoms with Crippen LogP contribution in [0.5, 0.6) is 0 Å². The zero-order valence-electron chi connectivity index (χ0n) is 14.6. The van der Waals surface area contributed by atoms with Crippen molar-refractivity contribution in [1.82, 2.24) is 4.98 Å². The highest BCUT2D eigenvalue weighted by Crippen LogP contribution is 2.38. The average Bonchev–Trinajstić information content (AvgIpc) is 3.22. The van der Waals surface area contributed by atoms with Crippen LogP contribution in [0.1, 0.15) is 38.2 Å². The minimum absolute atomic E-state index is 0.146. The number of fused-ring (bicyclic) bond motifs is 1. The van der Waals surface area contributed by atoms with Crippen molar-refractivity contribution in [2.45, 2.75) is 39.5 Å². The molecule has 1 saturated carbocycles. The molecule has 2 aromatic carbocycles. The smallest absolute Gasteiger partial charge is 0.230 e. The molecular weight excluding hydrogens is 328 g/mol. The van der Waals surface area contributed by atoms with Crippen LogP contribution in [-0.2, 0) is 4.79 Å². The van der Waals surface area contributed by atoms with Crippen LogP contribution in [0.15, 0.2) is 42.5 Å². The Morgan fingerprint density at radius 2 is 1.84 bits per heavy atom. The second-order valence-electron chi connectivity index (χ2n) is 7.29. The van der Waals surface area contributed by atoms with Gasteiger partial charge >= 0.3 is 0 Å². The highest BCUT2D eigenvalue weighted by Gasteiger charge is 2.36. The van der Waals surface area contributed by atoms with Gasteiger partial charge in [0.15, 0.2) is 0 Å². The Kier molecular flexibility index (Phi) is 4.08. The summed E-state index contributed by atoms with van der Waals surface area (Å²) in [6.45, 7) is 4.17. The summed E-state index contributed by atoms with van der Waals surface area (Å²) in [7, 11) is 0. The van der Waals surface area contributed by atoms with Gasteiger partial charge in [-0.25, -0.2) is 4.98 Å². The highest BCUT2D eigenvalue weighted by molar-refractivity contribution is 7.21. The van der Waals surface area contributed by atoms with Crippen LogP contribution in [-0.4, -0.2) is 10.9 Å². The number of nitrogens with zero attached hydrogens (tertiary/aromatic N) is 1. The second kappa shape index (κ2) is 6.26. The number of rotatable bonds is 3. The number of carbonyl (C=O) groups excluding carboxylic acids is 1. The standard InChI is InChI=1S/C21H22N2OS/c1-14-5-10-17-18(13-14)25-19(23-17)15-6-8-16(9-7-15)22-20(24)21(2)11-3-4-12-21/h5-10,13H,3-4,11-12H2,1-2H3,(H,22,24). The van der Waals surface area contributed by atoms with Gasteiger partial charge < -0.3 is 5.32 Å². The number of nitrogens with one attached hydrogen (secondary N) is 1. The lowest BCUT2D eigenvalue weighted by atomic mass is 9.88. The Morgan fingerprint density at radius 3 is 2.56 bits per heavy atom. The van der Waals surface area contributed by atoms with Gasteiger partial charge in [-0.3, -0.25) is 4.79 Å². The zero-order valence-corrected chi connectivity index (χ0v) is 15.5. The van der Waals surface area contributed by atoms with Crippen molar-refractivity contribution in [1.29, 1.82) is 0 Å². The molecule has 1 N–H and O–H groups in total. The topological polar surface area (TPSA) is 42.0 Å². The molecule has 0 radical (unpaired) electrons. The molecule has 1 heterocycles. The Hall–Kier alpha value is -2.20. The van der Waals surface area contributed by atoms with Crippen LogP contribution in [0.3, 0.4) is 0 Å². The molecule has 128 valence electrons. The average molecular weight is 350 g/mol. The van der Waals surface area contributed by atoms with Crippen molar-refractivity contribution in [2.24, 2.45) is 5.41 Å². The molecule has 3 nitrogen and oxygen atoms in total. The van der Waals surface area contributed by atoms with Crippen molar-refractivity contribution in [2.75, 3.05) is 5.32 Å². The maximum atomic E-state index is 12.5. The number of hydrogen-bond acceptors (Lipinski definition) is 3. The van der Waals surface area contributed by atoms with Gasteiger partial charge in [-0.2, -0.15) is 0 Å². The first-order valence-corrected chi connectivity index (χ1v) is 9.64. The lowest BCUT2D eigenvalue weighted by Crippen LogP contribution is -2.30. The number of amides is 1. The summed E-state index contributed by atoms with van der Waals surface area (Å²) >= 11 is 1.71. The first-order valence-electron chi connectivity index (χ1n) is 8.83. The molecule has 1 aromatic heterocycles. The molecule has 3 aromatic rings. The Bertz CT molecular complexity index is 921. The normalized spacial score (nSPS) is 16.2. The van der Waals surface area contributed by atoms with E-state index in [9.17, 15) is 4.79 Å². The predicted molar refractivity (Wildman–Crippen MR) is 105 cm³/mol. The molecule has 25 heavy (non-hydrogen) atoms. The van der Waals surface area contributed by atoms with Crippen LogP contribution in [0.4, 0.5) is 5.69 Å². The van der Waals surface area contributed by atoms with Gasteiger partial charge in [0.1, 0.15) is 5.01 Å². The van der Waals surface area contributed by atoms with Gasteiger partial charge in [0.25, 0.3) is 0 Å². The maximum Gasteiger partial charge on any atom is 0.230 e. The summed E-state index contributed by atoms with van der Waals surface area (Å²) < 4.78 is 1.21. The van der Waals surface area contributed by atoms with Crippen LogP contribution in [0, 0.1) is 12.3 Å². The van der Waals surface area contributed by atoms with E-state index in [1.807, 2.05) is 24.3 Å².